The molecule has 7 heteroatoms. The van der Waals surface area contributed by atoms with Crippen molar-refractivity contribution in [2.75, 3.05) is 6.61 Å². The number of benzene rings is 1. The molecule has 1 amide bonds. The summed E-state index contributed by atoms with van der Waals surface area (Å²) in [4.78, 5) is 23.6. The average Bonchev–Trinajstić information content (AvgIpc) is 2.54. The normalized spacial score (nSPS) is 28.8. The lowest BCUT2D eigenvalue weighted by Crippen LogP contribution is -2.91. The first-order valence-electron chi connectivity index (χ1n) is 7.52. The quantitative estimate of drug-likeness (QED) is 0.640. The summed E-state index contributed by atoms with van der Waals surface area (Å²) < 4.78 is 38.4. The Morgan fingerprint density at radius 1 is 1.21 bits per heavy atom. The molecule has 5 nitrogen and oxygen atoms in total. The third-order valence-corrected chi connectivity index (χ3v) is 4.69. The molecule has 0 saturated heterocycles. The summed E-state index contributed by atoms with van der Waals surface area (Å²) in [5.74, 6) is -4.28. The standard InChI is InChI=1S/C17H17F2NO4/c1-2-8-23-14(22)20-16-10-15(11-16,17(16,18)19)13(21)24-9-12-6-4-3-5-7-12/h2-7H,1,8-11H2,(H,20,22). The number of alkyl carbamates (subject to hydrolysis) is 1. The third-order valence-electron chi connectivity index (χ3n) is 4.69. The molecule has 3 saturated carbocycles. The summed E-state index contributed by atoms with van der Waals surface area (Å²) >= 11 is 0. The SMILES string of the molecule is C=CCOC(=O)NC12CC(C(=O)OCc3ccccc3)(C1)C2(F)F. The van der Waals surface area contributed by atoms with E-state index < -0.39 is 28.9 Å². The van der Waals surface area contributed by atoms with Gasteiger partial charge in [-0.1, -0.05) is 43.0 Å². The highest BCUT2D eigenvalue weighted by Gasteiger charge is 2.93. The second-order valence-electron chi connectivity index (χ2n) is 6.17. The molecule has 0 unspecified atom stereocenters. The zero-order valence-corrected chi connectivity index (χ0v) is 12.9. The van der Waals surface area contributed by atoms with Gasteiger partial charge in [-0.3, -0.25) is 4.79 Å². The zero-order valence-electron chi connectivity index (χ0n) is 12.9. The van der Waals surface area contributed by atoms with Crippen LogP contribution in [0.3, 0.4) is 0 Å². The van der Waals surface area contributed by atoms with E-state index in [0.717, 1.165) is 5.56 Å². The van der Waals surface area contributed by atoms with Gasteiger partial charge in [0.25, 0.3) is 5.92 Å². The molecule has 0 aromatic heterocycles. The largest absolute Gasteiger partial charge is 0.460 e. The maximum Gasteiger partial charge on any atom is 0.408 e. The van der Waals surface area contributed by atoms with E-state index in [0.29, 0.717) is 0 Å². The van der Waals surface area contributed by atoms with Crippen LogP contribution in [0.5, 0.6) is 0 Å². The minimum absolute atomic E-state index is 0.0562. The fraction of sp³-hybridized carbons (Fsp3) is 0.412. The predicted molar refractivity (Wildman–Crippen MR) is 80.3 cm³/mol. The number of ether oxygens (including phenoxy) is 2. The Labute approximate surface area is 137 Å². The number of amides is 1. The molecule has 3 fully saturated rings. The number of halogens is 2. The van der Waals surface area contributed by atoms with Crippen molar-refractivity contribution in [2.24, 2.45) is 5.41 Å². The molecule has 128 valence electrons. The van der Waals surface area contributed by atoms with Crippen molar-refractivity contribution in [3.05, 3.63) is 48.6 Å². The fourth-order valence-corrected chi connectivity index (χ4v) is 3.33. The van der Waals surface area contributed by atoms with Gasteiger partial charge in [-0.15, -0.1) is 0 Å². The Kier molecular flexibility index (Phi) is 3.81. The summed E-state index contributed by atoms with van der Waals surface area (Å²) in [5, 5.41) is 2.17. The second kappa shape index (κ2) is 5.58. The topological polar surface area (TPSA) is 64.6 Å². The summed E-state index contributed by atoms with van der Waals surface area (Å²) in [7, 11) is 0. The molecule has 3 aliphatic rings. The first-order valence-corrected chi connectivity index (χ1v) is 7.52. The highest BCUT2D eigenvalue weighted by atomic mass is 19.3. The molecular weight excluding hydrogens is 320 g/mol. The van der Waals surface area contributed by atoms with Crippen molar-refractivity contribution in [3.63, 3.8) is 0 Å². The van der Waals surface area contributed by atoms with Crippen LogP contribution in [0.4, 0.5) is 13.6 Å². The Hall–Kier alpha value is -2.44. The highest BCUT2D eigenvalue weighted by molar-refractivity contribution is 5.86. The van der Waals surface area contributed by atoms with Gasteiger partial charge in [0.1, 0.15) is 24.2 Å². The summed E-state index contributed by atoms with van der Waals surface area (Å²) in [6.45, 7) is 3.24. The number of nitrogens with one attached hydrogen (secondary N) is 1. The van der Waals surface area contributed by atoms with E-state index in [4.69, 9.17) is 4.74 Å². The minimum Gasteiger partial charge on any atom is -0.460 e. The van der Waals surface area contributed by atoms with Crippen molar-refractivity contribution >= 4 is 12.1 Å². The third kappa shape index (κ3) is 2.18. The average molecular weight is 337 g/mol. The molecule has 0 radical (unpaired) electrons. The van der Waals surface area contributed by atoms with E-state index >= 15 is 0 Å². The lowest BCUT2D eigenvalue weighted by molar-refractivity contribution is -0.359. The van der Waals surface area contributed by atoms with Crippen LogP contribution in [0, 0.1) is 5.41 Å². The number of hydrogen-bond acceptors (Lipinski definition) is 4. The smallest absolute Gasteiger partial charge is 0.408 e. The van der Waals surface area contributed by atoms with Gasteiger partial charge in [-0.2, -0.15) is 0 Å². The van der Waals surface area contributed by atoms with Crippen LogP contribution in [-0.4, -0.2) is 30.1 Å². The van der Waals surface area contributed by atoms with Gasteiger partial charge in [0.15, 0.2) is 0 Å². The van der Waals surface area contributed by atoms with E-state index in [-0.39, 0.29) is 26.1 Å². The van der Waals surface area contributed by atoms with Crippen molar-refractivity contribution in [1.29, 1.82) is 0 Å². The fourth-order valence-electron chi connectivity index (χ4n) is 3.33. The number of hydrogen-bond donors (Lipinski definition) is 1. The summed E-state index contributed by atoms with van der Waals surface area (Å²) in [5.41, 5.74) is -2.83. The molecule has 0 aliphatic heterocycles. The summed E-state index contributed by atoms with van der Waals surface area (Å²) in [6.07, 6.45) is 0.0935. The Morgan fingerprint density at radius 3 is 2.46 bits per heavy atom. The van der Waals surface area contributed by atoms with Gasteiger partial charge < -0.3 is 14.8 Å². The maximum absolute atomic E-state index is 14.4. The van der Waals surface area contributed by atoms with E-state index in [1.165, 1.54) is 6.08 Å². The van der Waals surface area contributed by atoms with Crippen molar-refractivity contribution in [2.45, 2.75) is 30.9 Å². The van der Waals surface area contributed by atoms with E-state index in [9.17, 15) is 18.4 Å². The summed E-state index contributed by atoms with van der Waals surface area (Å²) in [6, 6.07) is 8.83. The molecule has 0 heterocycles. The van der Waals surface area contributed by atoms with Gasteiger partial charge in [-0.05, 0) is 18.4 Å². The maximum atomic E-state index is 14.4. The Bertz CT molecular complexity index is 668. The van der Waals surface area contributed by atoms with E-state index in [1.54, 1.807) is 24.3 Å². The van der Waals surface area contributed by atoms with Crippen LogP contribution < -0.4 is 5.32 Å². The first kappa shape index (κ1) is 16.4. The lowest BCUT2D eigenvalue weighted by Gasteiger charge is -2.72. The second-order valence-corrected chi connectivity index (χ2v) is 6.17. The molecule has 1 aromatic carbocycles. The molecule has 1 aromatic rings. The molecule has 3 aliphatic carbocycles. The molecule has 24 heavy (non-hydrogen) atoms. The number of alkyl halides is 2. The number of rotatable bonds is 6. The van der Waals surface area contributed by atoms with Crippen molar-refractivity contribution in [1.82, 2.24) is 5.32 Å². The van der Waals surface area contributed by atoms with Gasteiger partial charge in [0.2, 0.25) is 0 Å². The number of carbonyl (C=O) groups excluding carboxylic acids is 2. The number of carbonyl (C=O) groups is 2. The van der Waals surface area contributed by atoms with Crippen molar-refractivity contribution < 1.29 is 27.8 Å². The van der Waals surface area contributed by atoms with Crippen LogP contribution >= 0.6 is 0 Å². The molecule has 4 rings (SSSR count). The monoisotopic (exact) mass is 337 g/mol. The first-order chi connectivity index (χ1) is 11.4. The van der Waals surface area contributed by atoms with Crippen molar-refractivity contribution in [3.8, 4) is 0 Å². The van der Waals surface area contributed by atoms with Crippen LogP contribution in [0.2, 0.25) is 0 Å². The van der Waals surface area contributed by atoms with Gasteiger partial charge in [0, 0.05) is 0 Å². The molecule has 0 atom stereocenters. The molecular formula is C17H17F2NO4. The zero-order chi connectivity index (χ0) is 17.4. The predicted octanol–water partition coefficient (Wildman–Crippen LogP) is 2.81. The molecule has 2 bridgehead atoms. The van der Waals surface area contributed by atoms with Crippen LogP contribution in [0.15, 0.2) is 43.0 Å². The van der Waals surface area contributed by atoms with Crippen LogP contribution in [-0.2, 0) is 20.9 Å². The van der Waals surface area contributed by atoms with E-state index in [1.807, 2.05) is 6.07 Å². The minimum atomic E-state index is -3.35. The van der Waals surface area contributed by atoms with Crippen LogP contribution in [0.1, 0.15) is 18.4 Å². The molecule has 1 N–H and O–H groups in total. The van der Waals surface area contributed by atoms with E-state index in [2.05, 4.69) is 16.6 Å². The van der Waals surface area contributed by atoms with Crippen LogP contribution in [0.25, 0.3) is 0 Å². The molecule has 0 spiro atoms. The Balaban J connectivity index is 1.58. The number of esters is 1. The highest BCUT2D eigenvalue weighted by Crippen LogP contribution is 2.76. The lowest BCUT2D eigenvalue weighted by atomic mass is 9.36. The van der Waals surface area contributed by atoms with Gasteiger partial charge in [0.05, 0.1) is 0 Å². The van der Waals surface area contributed by atoms with Gasteiger partial charge in [-0.25, -0.2) is 13.6 Å². The Morgan fingerprint density at radius 2 is 1.88 bits per heavy atom. The van der Waals surface area contributed by atoms with Gasteiger partial charge >= 0.3 is 12.1 Å².